The number of hydrogen-bond acceptors (Lipinski definition) is 2. The Morgan fingerprint density at radius 1 is 1.06 bits per heavy atom. The highest BCUT2D eigenvalue weighted by Crippen LogP contribution is 2.57. The van der Waals surface area contributed by atoms with Crippen LogP contribution in [0, 0.1) is 29.6 Å². The van der Waals surface area contributed by atoms with Crippen LogP contribution in [-0.2, 0) is 9.47 Å². The fourth-order valence-corrected chi connectivity index (χ4v) is 4.69. The molecule has 6 atom stereocenters. The van der Waals surface area contributed by atoms with Crippen molar-refractivity contribution >= 4 is 0 Å². The molecular weight excluding hydrogens is 212 g/mol. The van der Waals surface area contributed by atoms with Gasteiger partial charge >= 0.3 is 0 Å². The first kappa shape index (κ1) is 12.0. The Hall–Kier alpha value is -0.0800. The topological polar surface area (TPSA) is 21.8 Å². The van der Waals surface area contributed by atoms with Crippen molar-refractivity contribution in [2.75, 3.05) is 19.8 Å². The van der Waals surface area contributed by atoms with E-state index in [0.717, 1.165) is 49.4 Å². The Kier molecular flexibility index (Phi) is 3.45. The van der Waals surface area contributed by atoms with Gasteiger partial charge in [0.05, 0.1) is 13.2 Å². The van der Waals surface area contributed by atoms with Gasteiger partial charge in [0.15, 0.2) is 0 Å². The molecule has 2 heteroatoms. The van der Waals surface area contributed by atoms with E-state index in [2.05, 4.69) is 13.8 Å². The predicted octanol–water partition coefficient (Wildman–Crippen LogP) is 3.11. The Labute approximate surface area is 105 Å². The Balaban J connectivity index is 1.51. The third kappa shape index (κ3) is 2.26. The molecule has 0 radical (unpaired) electrons. The maximum atomic E-state index is 5.83. The van der Waals surface area contributed by atoms with E-state index in [0.29, 0.717) is 6.10 Å². The van der Waals surface area contributed by atoms with Crippen molar-refractivity contribution in [1.29, 1.82) is 0 Å². The Bertz CT molecular complexity index is 262. The van der Waals surface area contributed by atoms with Crippen molar-refractivity contribution in [3.8, 4) is 0 Å². The average Bonchev–Trinajstić information content (AvgIpc) is 2.98. The van der Waals surface area contributed by atoms with Crippen molar-refractivity contribution in [3.05, 3.63) is 0 Å². The summed E-state index contributed by atoms with van der Waals surface area (Å²) in [6.45, 7) is 7.51. The van der Waals surface area contributed by atoms with Crippen molar-refractivity contribution < 1.29 is 9.47 Å². The molecule has 2 bridgehead atoms. The summed E-state index contributed by atoms with van der Waals surface area (Å²) in [7, 11) is 0. The molecule has 2 aliphatic carbocycles. The molecule has 0 aromatic heterocycles. The third-order valence-electron chi connectivity index (χ3n) is 5.47. The number of rotatable bonds is 6. The molecule has 0 aromatic carbocycles. The second-order valence-electron chi connectivity index (χ2n) is 6.29. The van der Waals surface area contributed by atoms with Crippen LogP contribution in [0.2, 0.25) is 0 Å². The third-order valence-corrected chi connectivity index (χ3v) is 5.47. The van der Waals surface area contributed by atoms with Crippen molar-refractivity contribution in [2.45, 2.75) is 45.6 Å². The van der Waals surface area contributed by atoms with E-state index in [9.17, 15) is 0 Å². The summed E-state index contributed by atoms with van der Waals surface area (Å²) >= 11 is 0. The van der Waals surface area contributed by atoms with E-state index in [1.807, 2.05) is 0 Å². The molecule has 3 aliphatic rings. The fourth-order valence-electron chi connectivity index (χ4n) is 4.69. The molecule has 98 valence electrons. The highest BCUT2D eigenvalue weighted by Gasteiger charge is 2.50. The van der Waals surface area contributed by atoms with Gasteiger partial charge in [0.2, 0.25) is 0 Å². The van der Waals surface area contributed by atoms with Crippen molar-refractivity contribution in [3.63, 3.8) is 0 Å². The quantitative estimate of drug-likeness (QED) is 0.663. The SMILES string of the molecule is CCC1C2CC(COCC3CO3)C(C2)C1CC. The van der Waals surface area contributed by atoms with Crippen LogP contribution in [0.3, 0.4) is 0 Å². The summed E-state index contributed by atoms with van der Waals surface area (Å²) in [5.41, 5.74) is 0. The van der Waals surface area contributed by atoms with Crippen LogP contribution in [0.25, 0.3) is 0 Å². The monoisotopic (exact) mass is 238 g/mol. The molecule has 0 amide bonds. The first-order valence-corrected chi connectivity index (χ1v) is 7.52. The summed E-state index contributed by atoms with van der Waals surface area (Å²) in [5.74, 6) is 4.85. The predicted molar refractivity (Wildman–Crippen MR) is 67.8 cm³/mol. The standard InChI is InChI=1S/C15H26O2/c1-3-13-10-5-11(7-16-8-12-9-17-12)15(6-10)14(13)4-2/h10-15H,3-9H2,1-2H3. The van der Waals surface area contributed by atoms with Crippen LogP contribution in [-0.4, -0.2) is 25.9 Å². The van der Waals surface area contributed by atoms with Gasteiger partial charge in [0.25, 0.3) is 0 Å². The van der Waals surface area contributed by atoms with Gasteiger partial charge in [-0.3, -0.25) is 0 Å². The Morgan fingerprint density at radius 2 is 1.82 bits per heavy atom. The second kappa shape index (κ2) is 4.89. The molecule has 3 fully saturated rings. The van der Waals surface area contributed by atoms with Crippen LogP contribution in [0.15, 0.2) is 0 Å². The number of epoxide rings is 1. The van der Waals surface area contributed by atoms with Gasteiger partial charge in [-0.25, -0.2) is 0 Å². The summed E-state index contributed by atoms with van der Waals surface area (Å²) < 4.78 is 11.0. The van der Waals surface area contributed by atoms with Crippen LogP contribution in [0.5, 0.6) is 0 Å². The average molecular weight is 238 g/mol. The summed E-state index contributed by atoms with van der Waals surface area (Å²) in [4.78, 5) is 0. The van der Waals surface area contributed by atoms with E-state index in [4.69, 9.17) is 9.47 Å². The van der Waals surface area contributed by atoms with Crippen molar-refractivity contribution in [2.24, 2.45) is 29.6 Å². The van der Waals surface area contributed by atoms with E-state index in [1.165, 1.54) is 25.7 Å². The zero-order valence-electron chi connectivity index (χ0n) is 11.2. The number of fused-ring (bicyclic) bond motifs is 2. The zero-order valence-corrected chi connectivity index (χ0v) is 11.2. The van der Waals surface area contributed by atoms with E-state index in [-0.39, 0.29) is 0 Å². The lowest BCUT2D eigenvalue weighted by molar-refractivity contribution is 0.0412. The summed E-state index contributed by atoms with van der Waals surface area (Å²) in [6.07, 6.45) is 6.13. The van der Waals surface area contributed by atoms with E-state index < -0.39 is 0 Å². The summed E-state index contributed by atoms with van der Waals surface area (Å²) in [5, 5.41) is 0. The number of ether oxygens (including phenoxy) is 2. The van der Waals surface area contributed by atoms with Gasteiger partial charge in [-0.15, -0.1) is 0 Å². The van der Waals surface area contributed by atoms with Gasteiger partial charge in [0, 0.05) is 6.61 Å². The molecule has 17 heavy (non-hydrogen) atoms. The summed E-state index contributed by atoms with van der Waals surface area (Å²) in [6, 6.07) is 0. The van der Waals surface area contributed by atoms with Crippen LogP contribution in [0.4, 0.5) is 0 Å². The lowest BCUT2D eigenvalue weighted by Crippen LogP contribution is -2.30. The minimum absolute atomic E-state index is 0.430. The smallest absolute Gasteiger partial charge is 0.104 e. The van der Waals surface area contributed by atoms with Gasteiger partial charge in [0.1, 0.15) is 6.10 Å². The number of hydrogen-bond donors (Lipinski definition) is 0. The first-order valence-electron chi connectivity index (χ1n) is 7.52. The van der Waals surface area contributed by atoms with Crippen LogP contribution in [0.1, 0.15) is 39.5 Å². The molecule has 0 aromatic rings. The van der Waals surface area contributed by atoms with E-state index in [1.54, 1.807) is 0 Å². The van der Waals surface area contributed by atoms with Crippen molar-refractivity contribution in [1.82, 2.24) is 0 Å². The molecule has 2 nitrogen and oxygen atoms in total. The molecule has 2 saturated carbocycles. The molecule has 1 aliphatic heterocycles. The molecule has 6 unspecified atom stereocenters. The minimum atomic E-state index is 0.430. The maximum Gasteiger partial charge on any atom is 0.104 e. The molecule has 0 N–H and O–H groups in total. The molecule has 1 heterocycles. The second-order valence-corrected chi connectivity index (χ2v) is 6.29. The first-order chi connectivity index (χ1) is 8.33. The highest BCUT2D eigenvalue weighted by molar-refractivity contribution is 4.99. The Morgan fingerprint density at radius 3 is 2.47 bits per heavy atom. The van der Waals surface area contributed by atoms with Crippen LogP contribution < -0.4 is 0 Å². The normalized spacial score (nSPS) is 47.6. The zero-order chi connectivity index (χ0) is 11.8. The molecular formula is C15H26O2. The van der Waals surface area contributed by atoms with Gasteiger partial charge in [-0.05, 0) is 42.4 Å². The lowest BCUT2D eigenvalue weighted by Gasteiger charge is -2.34. The largest absolute Gasteiger partial charge is 0.378 e. The fraction of sp³-hybridized carbons (Fsp3) is 1.00. The molecule has 1 saturated heterocycles. The van der Waals surface area contributed by atoms with Gasteiger partial charge < -0.3 is 9.47 Å². The molecule has 3 rings (SSSR count). The van der Waals surface area contributed by atoms with Gasteiger partial charge in [-0.1, -0.05) is 26.7 Å². The van der Waals surface area contributed by atoms with E-state index >= 15 is 0 Å². The highest BCUT2D eigenvalue weighted by atomic mass is 16.6. The minimum Gasteiger partial charge on any atom is -0.378 e. The lowest BCUT2D eigenvalue weighted by atomic mass is 9.72. The van der Waals surface area contributed by atoms with Crippen LogP contribution >= 0.6 is 0 Å². The molecule has 0 spiro atoms. The van der Waals surface area contributed by atoms with Gasteiger partial charge in [-0.2, -0.15) is 0 Å². The maximum absolute atomic E-state index is 5.83.